The molecule has 0 aliphatic carbocycles. The normalized spacial score (nSPS) is 13.7. The van der Waals surface area contributed by atoms with E-state index in [0.717, 1.165) is 17.4 Å². The molecule has 1 N–H and O–H groups in total. The van der Waals surface area contributed by atoms with Crippen LogP contribution in [0.1, 0.15) is 52.1 Å². The molecule has 96 valence electrons. The van der Waals surface area contributed by atoms with E-state index in [1.165, 1.54) is 12.0 Å². The highest BCUT2D eigenvalue weighted by molar-refractivity contribution is 9.10. The standard InChI is InChI=1S/C14H23BrN2/c1-5-17-13(6-7-14(2,3)4)11-8-12(15)10-16-9-11/h8-10,13,17H,5-7H2,1-4H3. The molecule has 0 saturated heterocycles. The third-order valence-electron chi connectivity index (χ3n) is 2.76. The van der Waals surface area contributed by atoms with Gasteiger partial charge in [-0.15, -0.1) is 0 Å². The summed E-state index contributed by atoms with van der Waals surface area (Å²) in [5.74, 6) is 0. The first-order valence-corrected chi connectivity index (χ1v) is 7.05. The van der Waals surface area contributed by atoms with Crippen LogP contribution in [0.3, 0.4) is 0 Å². The minimum atomic E-state index is 0.382. The van der Waals surface area contributed by atoms with Crippen LogP contribution >= 0.6 is 15.9 Å². The summed E-state index contributed by atoms with van der Waals surface area (Å²) in [6, 6.07) is 2.56. The largest absolute Gasteiger partial charge is 0.310 e. The molecule has 1 aromatic rings. The number of rotatable bonds is 5. The summed E-state index contributed by atoms with van der Waals surface area (Å²) in [4.78, 5) is 4.24. The van der Waals surface area contributed by atoms with Gasteiger partial charge in [0, 0.05) is 22.9 Å². The molecule has 2 nitrogen and oxygen atoms in total. The molecule has 0 amide bonds. The van der Waals surface area contributed by atoms with Crippen LogP contribution in [0.25, 0.3) is 0 Å². The molecular weight excluding hydrogens is 276 g/mol. The lowest BCUT2D eigenvalue weighted by Gasteiger charge is -2.24. The zero-order chi connectivity index (χ0) is 12.9. The molecule has 1 rings (SSSR count). The number of hydrogen-bond acceptors (Lipinski definition) is 2. The molecule has 1 heterocycles. The number of pyridine rings is 1. The van der Waals surface area contributed by atoms with Crippen LogP contribution in [0.2, 0.25) is 0 Å². The number of aromatic nitrogens is 1. The van der Waals surface area contributed by atoms with E-state index in [9.17, 15) is 0 Å². The molecule has 1 unspecified atom stereocenters. The van der Waals surface area contributed by atoms with Crippen molar-refractivity contribution in [1.29, 1.82) is 0 Å². The Morgan fingerprint density at radius 2 is 2.06 bits per heavy atom. The summed E-state index contributed by atoms with van der Waals surface area (Å²) in [5.41, 5.74) is 1.65. The molecular formula is C14H23BrN2. The Bertz CT molecular complexity index is 344. The van der Waals surface area contributed by atoms with Crippen LogP contribution in [-0.2, 0) is 0 Å². The van der Waals surface area contributed by atoms with Gasteiger partial charge in [0.05, 0.1) is 0 Å². The highest BCUT2D eigenvalue weighted by Gasteiger charge is 2.16. The second-order valence-corrected chi connectivity index (χ2v) is 6.56. The number of nitrogens with one attached hydrogen (secondary N) is 1. The van der Waals surface area contributed by atoms with Crippen molar-refractivity contribution >= 4 is 15.9 Å². The third kappa shape index (κ3) is 5.64. The Morgan fingerprint density at radius 1 is 1.35 bits per heavy atom. The molecule has 1 atom stereocenters. The predicted octanol–water partition coefficient (Wildman–Crippen LogP) is 4.32. The molecule has 3 heteroatoms. The van der Waals surface area contributed by atoms with E-state index in [1.807, 2.05) is 12.4 Å². The molecule has 0 spiro atoms. The summed E-state index contributed by atoms with van der Waals surface area (Å²) in [7, 11) is 0. The molecule has 0 bridgehead atoms. The first-order valence-electron chi connectivity index (χ1n) is 6.26. The van der Waals surface area contributed by atoms with Crippen LogP contribution in [0, 0.1) is 5.41 Å². The first-order chi connectivity index (χ1) is 7.92. The summed E-state index contributed by atoms with van der Waals surface area (Å²) in [5, 5.41) is 3.54. The zero-order valence-corrected chi connectivity index (χ0v) is 12.8. The van der Waals surface area contributed by atoms with Crippen molar-refractivity contribution in [3.8, 4) is 0 Å². The van der Waals surface area contributed by atoms with Gasteiger partial charge in [-0.3, -0.25) is 4.98 Å². The average Bonchev–Trinajstić information content (AvgIpc) is 2.23. The molecule has 0 aromatic carbocycles. The number of halogens is 1. The summed E-state index contributed by atoms with van der Waals surface area (Å²) in [6.07, 6.45) is 6.14. The highest BCUT2D eigenvalue weighted by Crippen LogP contribution is 2.27. The van der Waals surface area contributed by atoms with Gasteiger partial charge >= 0.3 is 0 Å². The van der Waals surface area contributed by atoms with Crippen molar-refractivity contribution in [1.82, 2.24) is 10.3 Å². The third-order valence-corrected chi connectivity index (χ3v) is 3.20. The van der Waals surface area contributed by atoms with Gasteiger partial charge in [0.2, 0.25) is 0 Å². The quantitative estimate of drug-likeness (QED) is 0.875. The maximum Gasteiger partial charge on any atom is 0.0410 e. The Labute approximate surface area is 113 Å². The van der Waals surface area contributed by atoms with Crippen LogP contribution in [0.5, 0.6) is 0 Å². The average molecular weight is 299 g/mol. The van der Waals surface area contributed by atoms with Gasteiger partial charge < -0.3 is 5.32 Å². The lowest BCUT2D eigenvalue weighted by atomic mass is 9.87. The fraction of sp³-hybridized carbons (Fsp3) is 0.643. The van der Waals surface area contributed by atoms with Crippen LogP contribution in [0.4, 0.5) is 0 Å². The molecule has 0 radical (unpaired) electrons. The van der Waals surface area contributed by atoms with Gasteiger partial charge in [-0.05, 0) is 52.4 Å². The minimum absolute atomic E-state index is 0.382. The number of nitrogens with zero attached hydrogens (tertiary/aromatic N) is 1. The lowest BCUT2D eigenvalue weighted by molar-refractivity contribution is 0.333. The van der Waals surface area contributed by atoms with Crippen molar-refractivity contribution in [2.45, 2.75) is 46.6 Å². The Balaban J connectivity index is 2.71. The second kappa shape index (κ2) is 6.50. The Morgan fingerprint density at radius 3 is 2.59 bits per heavy atom. The molecule has 0 fully saturated rings. The molecule has 1 aromatic heterocycles. The van der Waals surface area contributed by atoms with Crippen LogP contribution in [-0.4, -0.2) is 11.5 Å². The van der Waals surface area contributed by atoms with Crippen molar-refractivity contribution in [3.63, 3.8) is 0 Å². The Hall–Kier alpha value is -0.410. The summed E-state index contributed by atoms with van der Waals surface area (Å²) < 4.78 is 1.05. The number of hydrogen-bond donors (Lipinski definition) is 1. The van der Waals surface area contributed by atoms with Gasteiger partial charge in [0.15, 0.2) is 0 Å². The van der Waals surface area contributed by atoms with Crippen molar-refractivity contribution in [2.24, 2.45) is 5.41 Å². The summed E-state index contributed by atoms with van der Waals surface area (Å²) >= 11 is 3.48. The van der Waals surface area contributed by atoms with Gasteiger partial charge in [-0.25, -0.2) is 0 Å². The SMILES string of the molecule is CCNC(CCC(C)(C)C)c1cncc(Br)c1. The fourth-order valence-electron chi connectivity index (χ4n) is 1.83. The van der Waals surface area contributed by atoms with Gasteiger partial charge in [-0.2, -0.15) is 0 Å². The summed E-state index contributed by atoms with van der Waals surface area (Å²) in [6.45, 7) is 10.00. The van der Waals surface area contributed by atoms with E-state index < -0.39 is 0 Å². The van der Waals surface area contributed by atoms with E-state index in [4.69, 9.17) is 0 Å². The van der Waals surface area contributed by atoms with E-state index >= 15 is 0 Å². The van der Waals surface area contributed by atoms with E-state index in [2.05, 4.69) is 60.0 Å². The lowest BCUT2D eigenvalue weighted by Crippen LogP contribution is -2.22. The fourth-order valence-corrected chi connectivity index (χ4v) is 2.21. The monoisotopic (exact) mass is 298 g/mol. The zero-order valence-electron chi connectivity index (χ0n) is 11.3. The van der Waals surface area contributed by atoms with Crippen molar-refractivity contribution < 1.29 is 0 Å². The molecule has 17 heavy (non-hydrogen) atoms. The van der Waals surface area contributed by atoms with Gasteiger partial charge in [0.1, 0.15) is 0 Å². The van der Waals surface area contributed by atoms with Crippen LogP contribution < -0.4 is 5.32 Å². The van der Waals surface area contributed by atoms with Crippen molar-refractivity contribution in [2.75, 3.05) is 6.54 Å². The van der Waals surface area contributed by atoms with E-state index in [1.54, 1.807) is 0 Å². The van der Waals surface area contributed by atoms with Crippen LogP contribution in [0.15, 0.2) is 22.9 Å². The Kier molecular flexibility index (Phi) is 5.60. The maximum atomic E-state index is 4.24. The van der Waals surface area contributed by atoms with E-state index in [0.29, 0.717) is 11.5 Å². The predicted molar refractivity (Wildman–Crippen MR) is 77.0 cm³/mol. The maximum absolute atomic E-state index is 4.24. The van der Waals surface area contributed by atoms with Gasteiger partial charge in [-0.1, -0.05) is 27.7 Å². The molecule has 0 saturated carbocycles. The van der Waals surface area contributed by atoms with Gasteiger partial charge in [0.25, 0.3) is 0 Å². The smallest absolute Gasteiger partial charge is 0.0410 e. The topological polar surface area (TPSA) is 24.9 Å². The molecule has 0 aliphatic rings. The second-order valence-electron chi connectivity index (χ2n) is 5.65. The highest BCUT2D eigenvalue weighted by atomic mass is 79.9. The minimum Gasteiger partial charge on any atom is -0.310 e. The molecule has 0 aliphatic heterocycles. The van der Waals surface area contributed by atoms with Crippen molar-refractivity contribution in [3.05, 3.63) is 28.5 Å². The first kappa shape index (κ1) is 14.7. The van der Waals surface area contributed by atoms with E-state index in [-0.39, 0.29) is 0 Å².